The maximum atomic E-state index is 13.6. The number of nitrogens with one attached hydrogen (secondary N) is 1. The molecule has 0 unspecified atom stereocenters. The Morgan fingerprint density at radius 2 is 1.80 bits per heavy atom. The molecule has 2 aromatic carbocycles. The number of carbonyl (C=O) groups is 3. The number of hydrogen-bond acceptors (Lipinski definition) is 7. The van der Waals surface area contributed by atoms with Crippen molar-refractivity contribution in [1.29, 1.82) is 0 Å². The van der Waals surface area contributed by atoms with Crippen LogP contribution in [0.1, 0.15) is 55.4 Å². The third-order valence-electron chi connectivity index (χ3n) is 8.52. The second-order valence-corrected chi connectivity index (χ2v) is 12.4. The van der Waals surface area contributed by atoms with E-state index in [2.05, 4.69) is 5.32 Å². The van der Waals surface area contributed by atoms with E-state index in [4.69, 9.17) is 21.9 Å². The van der Waals surface area contributed by atoms with Gasteiger partial charge in [-0.1, -0.05) is 37.2 Å². The lowest BCUT2D eigenvalue weighted by Crippen LogP contribution is -2.50. The average molecular weight is 616 g/mol. The molecule has 2 aromatic rings. The van der Waals surface area contributed by atoms with Crippen molar-refractivity contribution in [2.24, 2.45) is 17.2 Å². The van der Waals surface area contributed by atoms with Gasteiger partial charge in [0.05, 0.1) is 23.2 Å². The van der Waals surface area contributed by atoms with E-state index in [0.29, 0.717) is 18.5 Å². The highest BCUT2D eigenvalue weighted by Gasteiger charge is 2.38. The molecule has 13 heteroatoms. The summed E-state index contributed by atoms with van der Waals surface area (Å²) in [6.07, 6.45) is -3.91. The first-order valence-electron chi connectivity index (χ1n) is 14.9. The third kappa shape index (κ3) is 7.87. The molecule has 4 rings (SSSR count). The molecule has 0 radical (unpaired) electrons. The molecule has 0 saturated carbocycles. The Hall–Kier alpha value is -3.26. The van der Waals surface area contributed by atoms with Crippen LogP contribution in [0.25, 0.3) is 0 Å². The number of Topliss-reactive ketones (excluding diaryl/α,β-unsaturated/α-hetero) is 1. The first-order valence-corrected chi connectivity index (χ1v) is 14.9. The van der Waals surface area contributed by atoms with Crippen molar-refractivity contribution in [2.75, 3.05) is 13.1 Å². The van der Waals surface area contributed by atoms with Crippen molar-refractivity contribution in [1.82, 2.24) is 10.2 Å². The molecule has 0 aliphatic carbocycles. The summed E-state index contributed by atoms with van der Waals surface area (Å²) in [5.41, 5.74) is 19.8. The van der Waals surface area contributed by atoms with Gasteiger partial charge in [0, 0.05) is 38.0 Å². The van der Waals surface area contributed by atoms with Gasteiger partial charge in [0.15, 0.2) is 5.78 Å². The minimum Gasteiger partial charge on any atom is -0.422 e. The number of benzene rings is 2. The van der Waals surface area contributed by atoms with Crippen LogP contribution >= 0.6 is 0 Å². The molecule has 2 amide bonds. The van der Waals surface area contributed by atoms with Crippen LogP contribution in [-0.4, -0.2) is 66.7 Å². The molecule has 2 aliphatic rings. The van der Waals surface area contributed by atoms with E-state index in [-0.39, 0.29) is 62.9 Å². The molecule has 4 atom stereocenters. The highest BCUT2D eigenvalue weighted by molar-refractivity contribution is 6.67. The Kier molecular flexibility index (Phi) is 10.2. The molecule has 1 saturated heterocycles. The summed E-state index contributed by atoms with van der Waals surface area (Å²) in [5, 5.41) is 2.70. The summed E-state index contributed by atoms with van der Waals surface area (Å²) >= 11 is 0. The summed E-state index contributed by atoms with van der Waals surface area (Å²) in [7, 11) is 0. The van der Waals surface area contributed by atoms with Crippen LogP contribution in [-0.2, 0) is 43.7 Å². The van der Waals surface area contributed by atoms with E-state index >= 15 is 0 Å². The maximum absolute atomic E-state index is 13.6. The second-order valence-electron chi connectivity index (χ2n) is 12.4. The molecule has 7 N–H and O–H groups in total. The number of amides is 2. The van der Waals surface area contributed by atoms with E-state index < -0.39 is 35.3 Å². The first kappa shape index (κ1) is 33.6. The van der Waals surface area contributed by atoms with Gasteiger partial charge in [-0.2, -0.15) is 13.2 Å². The van der Waals surface area contributed by atoms with Crippen molar-refractivity contribution in [3.05, 3.63) is 64.7 Å². The Bertz CT molecular complexity index is 1370. The predicted molar refractivity (Wildman–Crippen MR) is 162 cm³/mol. The average Bonchev–Trinajstić information content (AvgIpc) is 3.45. The number of nitrogens with zero attached hydrogens (tertiary/aromatic N) is 1. The molecule has 0 bridgehead atoms. The lowest BCUT2D eigenvalue weighted by molar-refractivity contribution is -0.137. The van der Waals surface area contributed by atoms with Gasteiger partial charge in [-0.25, -0.2) is 0 Å². The fourth-order valence-electron chi connectivity index (χ4n) is 6.13. The number of fused-ring (bicyclic) bond motifs is 1. The van der Waals surface area contributed by atoms with Gasteiger partial charge in [0.1, 0.15) is 0 Å². The van der Waals surface area contributed by atoms with Crippen LogP contribution in [0, 0.1) is 0 Å². The van der Waals surface area contributed by atoms with Crippen LogP contribution < -0.4 is 28.0 Å². The van der Waals surface area contributed by atoms with Gasteiger partial charge in [-0.3, -0.25) is 14.4 Å². The van der Waals surface area contributed by atoms with Gasteiger partial charge >= 0.3 is 13.1 Å². The Labute approximate surface area is 256 Å². The summed E-state index contributed by atoms with van der Waals surface area (Å²) in [5.74, 6) is -1.16. The van der Waals surface area contributed by atoms with E-state index in [1.54, 1.807) is 4.90 Å². The SMILES string of the molecule is CB1OC(C)(C)c2ccc(CC(=O)[C@@H](Cc3ccc(C(F)(F)F)cc3)NC(=O)[C@@H](N)CCC(=O)N3C[C@@H](N)C[C@H]3CN)cc21. The van der Waals surface area contributed by atoms with Crippen molar-refractivity contribution < 1.29 is 32.2 Å². The zero-order valence-electron chi connectivity index (χ0n) is 25.3. The van der Waals surface area contributed by atoms with E-state index in [9.17, 15) is 27.6 Å². The standard InChI is InChI=1S/C31H41BF3N5O4/c1-30(2)23-9-6-19(12-24(23)32(3)44-30)14-27(41)26(13-18-4-7-20(8-5-18)31(33,34)35)39-29(43)25(38)10-11-28(42)40-17-21(37)15-22(40)16-36/h4-9,12,21-22,25-26H,10-11,13-17,36-38H2,1-3H3,(H,39,43)/t21-,22-,25-,26+/m0/s1. The molecule has 1 fully saturated rings. The highest BCUT2D eigenvalue weighted by atomic mass is 19.4. The van der Waals surface area contributed by atoms with Gasteiger partial charge in [0.2, 0.25) is 11.8 Å². The fourth-order valence-corrected chi connectivity index (χ4v) is 6.13. The zero-order chi connectivity index (χ0) is 32.4. The minimum absolute atomic E-state index is 0.00105. The molecule has 44 heavy (non-hydrogen) atoms. The molecule has 238 valence electrons. The first-order chi connectivity index (χ1) is 20.6. The minimum atomic E-state index is -4.50. The van der Waals surface area contributed by atoms with Gasteiger partial charge in [-0.15, -0.1) is 0 Å². The number of alkyl halides is 3. The monoisotopic (exact) mass is 615 g/mol. The van der Waals surface area contributed by atoms with Crippen molar-refractivity contribution in [3.63, 3.8) is 0 Å². The Morgan fingerprint density at radius 3 is 2.43 bits per heavy atom. The van der Waals surface area contributed by atoms with Crippen molar-refractivity contribution in [3.8, 4) is 0 Å². The van der Waals surface area contributed by atoms with E-state index in [0.717, 1.165) is 28.7 Å². The maximum Gasteiger partial charge on any atom is 0.416 e. The molecule has 2 aliphatic heterocycles. The molecular formula is C31H41BF3N5O4. The summed E-state index contributed by atoms with van der Waals surface area (Å²) in [4.78, 5) is 41.2. The van der Waals surface area contributed by atoms with Crippen LogP contribution in [0.2, 0.25) is 6.82 Å². The Balaban J connectivity index is 1.46. The third-order valence-corrected chi connectivity index (χ3v) is 8.52. The molecular weight excluding hydrogens is 574 g/mol. The van der Waals surface area contributed by atoms with Crippen LogP contribution in [0.3, 0.4) is 0 Å². The quantitative estimate of drug-likeness (QED) is 0.280. The smallest absolute Gasteiger partial charge is 0.416 e. The number of ketones is 1. The lowest BCUT2D eigenvalue weighted by atomic mass is 9.63. The predicted octanol–water partition coefficient (Wildman–Crippen LogP) is 1.63. The lowest BCUT2D eigenvalue weighted by Gasteiger charge is -2.24. The highest BCUT2D eigenvalue weighted by Crippen LogP contribution is 2.31. The second kappa shape index (κ2) is 13.4. The van der Waals surface area contributed by atoms with Crippen molar-refractivity contribution in [2.45, 2.75) is 88.7 Å². The van der Waals surface area contributed by atoms with Gasteiger partial charge in [0.25, 0.3) is 0 Å². The van der Waals surface area contributed by atoms with Gasteiger partial charge < -0.3 is 32.1 Å². The molecule has 0 spiro atoms. The number of nitrogens with two attached hydrogens (primary N) is 3. The number of rotatable bonds is 11. The van der Waals surface area contributed by atoms with Crippen molar-refractivity contribution >= 4 is 30.0 Å². The number of halogens is 3. The van der Waals surface area contributed by atoms with E-state index in [1.807, 2.05) is 38.9 Å². The summed E-state index contributed by atoms with van der Waals surface area (Å²) < 4.78 is 45.3. The largest absolute Gasteiger partial charge is 0.422 e. The van der Waals surface area contributed by atoms with Crippen LogP contribution in [0.4, 0.5) is 13.2 Å². The topological polar surface area (TPSA) is 154 Å². The molecule has 2 heterocycles. The number of carbonyl (C=O) groups excluding carboxylic acids is 3. The van der Waals surface area contributed by atoms with E-state index in [1.165, 1.54) is 12.1 Å². The van der Waals surface area contributed by atoms with Gasteiger partial charge in [-0.05, 0) is 67.4 Å². The summed E-state index contributed by atoms with van der Waals surface area (Å²) in [6.45, 7) is 6.40. The Morgan fingerprint density at radius 1 is 1.14 bits per heavy atom. The fraction of sp³-hybridized carbons (Fsp3) is 0.516. The summed E-state index contributed by atoms with van der Waals surface area (Å²) in [6, 6.07) is 7.69. The van der Waals surface area contributed by atoms with Crippen LogP contribution in [0.15, 0.2) is 42.5 Å². The molecule has 9 nitrogen and oxygen atoms in total. The van der Waals surface area contributed by atoms with Crippen LogP contribution in [0.5, 0.6) is 0 Å². The normalized spacial score (nSPS) is 20.8. The number of hydrogen-bond donors (Lipinski definition) is 4. The number of likely N-dealkylation sites (tertiary alicyclic amines) is 1. The molecule has 0 aromatic heterocycles. The zero-order valence-corrected chi connectivity index (χ0v) is 25.3.